The average Bonchev–Trinajstić information content (AvgIpc) is 3.28. The Bertz CT molecular complexity index is 1130. The summed E-state index contributed by atoms with van der Waals surface area (Å²) in [5.41, 5.74) is 1.80. The molecule has 0 spiro atoms. The molecule has 0 radical (unpaired) electrons. The number of anilines is 1. The van der Waals surface area contributed by atoms with Gasteiger partial charge in [-0.3, -0.25) is 10.1 Å². The molecule has 4 aromatic rings. The molecule has 4 heterocycles. The molecule has 8 heteroatoms. The number of hydrogen-bond donors (Lipinski definition) is 1. The second-order valence-corrected chi connectivity index (χ2v) is 6.93. The highest BCUT2D eigenvalue weighted by atomic mass is 16.5. The maximum Gasteiger partial charge on any atom is 0.181 e. The Labute approximate surface area is 168 Å². The second-order valence-electron chi connectivity index (χ2n) is 6.93. The van der Waals surface area contributed by atoms with E-state index in [2.05, 4.69) is 31.1 Å². The Kier molecular flexibility index (Phi) is 4.61. The molecule has 3 aromatic heterocycles. The summed E-state index contributed by atoms with van der Waals surface area (Å²) in [5, 5.41) is 8.33. The first-order valence-corrected chi connectivity index (χ1v) is 9.76. The lowest BCUT2D eigenvalue weighted by Crippen LogP contribution is -2.39. The zero-order valence-electron chi connectivity index (χ0n) is 16.1. The Morgan fingerprint density at radius 2 is 2.07 bits per heavy atom. The van der Waals surface area contributed by atoms with E-state index in [9.17, 15) is 0 Å². The summed E-state index contributed by atoms with van der Waals surface area (Å²) in [6.45, 7) is 4.01. The van der Waals surface area contributed by atoms with Gasteiger partial charge in [-0.1, -0.05) is 19.1 Å². The van der Waals surface area contributed by atoms with E-state index in [0.29, 0.717) is 24.8 Å². The van der Waals surface area contributed by atoms with Gasteiger partial charge in [0.1, 0.15) is 17.7 Å². The van der Waals surface area contributed by atoms with E-state index in [-0.39, 0.29) is 6.10 Å². The Morgan fingerprint density at radius 1 is 1.14 bits per heavy atom. The Morgan fingerprint density at radius 3 is 2.90 bits per heavy atom. The van der Waals surface area contributed by atoms with Crippen LogP contribution in [0.3, 0.4) is 0 Å². The number of morpholine rings is 1. The Balaban J connectivity index is 1.54. The van der Waals surface area contributed by atoms with Crippen molar-refractivity contribution in [2.45, 2.75) is 19.4 Å². The van der Waals surface area contributed by atoms with E-state index >= 15 is 0 Å². The number of nitrogens with one attached hydrogen (secondary N) is 1. The zero-order valence-corrected chi connectivity index (χ0v) is 16.1. The minimum Gasteiger partial charge on any atom is -0.366 e. The van der Waals surface area contributed by atoms with Gasteiger partial charge < -0.3 is 9.64 Å². The van der Waals surface area contributed by atoms with Crippen LogP contribution in [-0.4, -0.2) is 49.8 Å². The summed E-state index contributed by atoms with van der Waals surface area (Å²) in [5.74, 6) is 3.12. The standard InChI is InChI=1S/C21H21N7O/c1-2-18-24-20(27-26-18)17-13-28(10-11-29-17)21-15-7-3-4-8-16(15)23-19(25-21)14-6-5-9-22-12-14/h3-9,12,17H,2,10-11,13H2,1H3,(H,24,26,27). The van der Waals surface area contributed by atoms with Crippen molar-refractivity contribution in [3.05, 3.63) is 60.4 Å². The number of rotatable bonds is 4. The number of hydrogen-bond acceptors (Lipinski definition) is 7. The molecular formula is C21H21N7O. The van der Waals surface area contributed by atoms with Gasteiger partial charge in [-0.25, -0.2) is 15.0 Å². The van der Waals surface area contributed by atoms with Gasteiger partial charge in [0.2, 0.25) is 0 Å². The van der Waals surface area contributed by atoms with Gasteiger partial charge in [-0.15, -0.1) is 0 Å². The van der Waals surface area contributed by atoms with Gasteiger partial charge in [-0.05, 0) is 24.3 Å². The fourth-order valence-corrected chi connectivity index (χ4v) is 3.54. The van der Waals surface area contributed by atoms with Crippen molar-refractivity contribution in [1.82, 2.24) is 30.1 Å². The number of para-hydroxylation sites is 1. The zero-order chi connectivity index (χ0) is 19.6. The molecule has 5 rings (SSSR count). The molecule has 1 unspecified atom stereocenters. The van der Waals surface area contributed by atoms with Crippen LogP contribution in [0.4, 0.5) is 5.82 Å². The summed E-state index contributed by atoms with van der Waals surface area (Å²) in [6, 6.07) is 12.0. The number of pyridine rings is 1. The summed E-state index contributed by atoms with van der Waals surface area (Å²) in [4.78, 5) is 20.7. The van der Waals surface area contributed by atoms with Crippen LogP contribution < -0.4 is 4.90 Å². The van der Waals surface area contributed by atoms with Gasteiger partial charge in [0.15, 0.2) is 11.6 Å². The van der Waals surface area contributed by atoms with E-state index in [4.69, 9.17) is 14.7 Å². The summed E-state index contributed by atoms with van der Waals surface area (Å²) in [6.07, 6.45) is 4.15. The summed E-state index contributed by atoms with van der Waals surface area (Å²) < 4.78 is 5.96. The molecule has 0 saturated carbocycles. The largest absolute Gasteiger partial charge is 0.366 e. The minimum atomic E-state index is -0.198. The molecule has 0 bridgehead atoms. The highest BCUT2D eigenvalue weighted by molar-refractivity contribution is 5.91. The van der Waals surface area contributed by atoms with Gasteiger partial charge in [-0.2, -0.15) is 5.10 Å². The van der Waals surface area contributed by atoms with Gasteiger partial charge in [0, 0.05) is 36.3 Å². The van der Waals surface area contributed by atoms with E-state index in [0.717, 1.165) is 41.1 Å². The summed E-state index contributed by atoms with van der Waals surface area (Å²) >= 11 is 0. The van der Waals surface area contributed by atoms with E-state index in [1.807, 2.05) is 37.3 Å². The van der Waals surface area contributed by atoms with Crippen LogP contribution >= 0.6 is 0 Å². The maximum atomic E-state index is 5.96. The van der Waals surface area contributed by atoms with Gasteiger partial charge in [0.25, 0.3) is 0 Å². The van der Waals surface area contributed by atoms with Crippen molar-refractivity contribution in [2.75, 3.05) is 24.6 Å². The fraction of sp³-hybridized carbons (Fsp3) is 0.286. The molecular weight excluding hydrogens is 366 g/mol. The third-order valence-corrected chi connectivity index (χ3v) is 5.04. The van der Waals surface area contributed by atoms with Crippen LogP contribution in [-0.2, 0) is 11.2 Å². The first-order chi connectivity index (χ1) is 14.3. The number of ether oxygens (including phenoxy) is 1. The molecule has 29 heavy (non-hydrogen) atoms. The number of nitrogens with zero attached hydrogens (tertiary/aromatic N) is 6. The van der Waals surface area contributed by atoms with E-state index < -0.39 is 0 Å². The molecule has 1 aromatic carbocycles. The van der Waals surface area contributed by atoms with E-state index in [1.165, 1.54) is 0 Å². The SMILES string of the molecule is CCc1nc(C2CN(c3nc(-c4cccnc4)nc4ccccc34)CCO2)n[nH]1. The van der Waals surface area contributed by atoms with Crippen molar-refractivity contribution >= 4 is 16.7 Å². The van der Waals surface area contributed by atoms with Crippen molar-refractivity contribution < 1.29 is 4.74 Å². The van der Waals surface area contributed by atoms with Gasteiger partial charge >= 0.3 is 0 Å². The fourth-order valence-electron chi connectivity index (χ4n) is 3.54. The highest BCUT2D eigenvalue weighted by Crippen LogP contribution is 2.30. The van der Waals surface area contributed by atoms with Crippen LogP contribution in [0, 0.1) is 0 Å². The first-order valence-electron chi connectivity index (χ1n) is 9.76. The molecule has 1 aliphatic heterocycles. The monoisotopic (exact) mass is 387 g/mol. The third kappa shape index (κ3) is 3.42. The van der Waals surface area contributed by atoms with E-state index in [1.54, 1.807) is 12.4 Å². The number of aryl methyl sites for hydroxylation is 1. The molecule has 1 N–H and O–H groups in total. The first kappa shape index (κ1) is 17.7. The lowest BCUT2D eigenvalue weighted by atomic mass is 10.1. The van der Waals surface area contributed by atoms with Crippen LogP contribution in [0.2, 0.25) is 0 Å². The van der Waals surface area contributed by atoms with Crippen LogP contribution in [0.5, 0.6) is 0 Å². The lowest BCUT2D eigenvalue weighted by Gasteiger charge is -2.33. The smallest absolute Gasteiger partial charge is 0.181 e. The second kappa shape index (κ2) is 7.56. The number of aromatic nitrogens is 6. The van der Waals surface area contributed by atoms with Crippen molar-refractivity contribution in [3.63, 3.8) is 0 Å². The maximum absolute atomic E-state index is 5.96. The predicted molar refractivity (Wildman–Crippen MR) is 109 cm³/mol. The lowest BCUT2D eigenvalue weighted by molar-refractivity contribution is 0.0340. The van der Waals surface area contributed by atoms with Crippen LogP contribution in [0.25, 0.3) is 22.3 Å². The quantitative estimate of drug-likeness (QED) is 0.575. The molecule has 1 fully saturated rings. The number of aromatic amines is 1. The van der Waals surface area contributed by atoms with Crippen molar-refractivity contribution in [3.8, 4) is 11.4 Å². The molecule has 146 valence electrons. The molecule has 8 nitrogen and oxygen atoms in total. The molecule has 0 aliphatic carbocycles. The molecule has 1 aliphatic rings. The highest BCUT2D eigenvalue weighted by Gasteiger charge is 2.27. The minimum absolute atomic E-state index is 0.198. The third-order valence-electron chi connectivity index (χ3n) is 5.04. The Hall–Kier alpha value is -3.39. The number of fused-ring (bicyclic) bond motifs is 1. The van der Waals surface area contributed by atoms with Gasteiger partial charge in [0.05, 0.1) is 18.7 Å². The number of H-pyrrole nitrogens is 1. The number of benzene rings is 1. The topological polar surface area (TPSA) is 92.7 Å². The average molecular weight is 387 g/mol. The van der Waals surface area contributed by atoms with Crippen LogP contribution in [0.15, 0.2) is 48.8 Å². The normalized spacial score (nSPS) is 17.0. The molecule has 1 saturated heterocycles. The predicted octanol–water partition coefficient (Wildman–Crippen LogP) is 2.95. The van der Waals surface area contributed by atoms with Crippen molar-refractivity contribution in [1.29, 1.82) is 0 Å². The van der Waals surface area contributed by atoms with Crippen molar-refractivity contribution in [2.24, 2.45) is 0 Å². The molecule has 1 atom stereocenters. The van der Waals surface area contributed by atoms with Crippen LogP contribution in [0.1, 0.15) is 24.7 Å². The molecule has 0 amide bonds. The summed E-state index contributed by atoms with van der Waals surface area (Å²) in [7, 11) is 0.